The number of nitrogens with zero attached hydrogens (tertiary/aromatic N) is 2. The van der Waals surface area contributed by atoms with Crippen molar-refractivity contribution < 1.29 is 19.0 Å². The van der Waals surface area contributed by atoms with Crippen LogP contribution in [-0.4, -0.2) is 30.9 Å². The van der Waals surface area contributed by atoms with Crippen LogP contribution < -0.4 is 24.4 Å². The molecule has 0 saturated heterocycles. The molecule has 7 nitrogen and oxygen atoms in total. The van der Waals surface area contributed by atoms with Gasteiger partial charge in [0.25, 0.3) is 5.56 Å². The van der Waals surface area contributed by atoms with Gasteiger partial charge in [-0.3, -0.25) is 9.36 Å². The molecule has 4 rings (SSSR count). The first-order valence-electron chi connectivity index (χ1n) is 11.2. The molecule has 0 unspecified atom stereocenters. The van der Waals surface area contributed by atoms with Gasteiger partial charge in [0.05, 0.1) is 47.2 Å². The van der Waals surface area contributed by atoms with Gasteiger partial charge in [-0.15, -0.1) is 0 Å². The highest BCUT2D eigenvalue weighted by molar-refractivity contribution is 7.07. The fourth-order valence-corrected chi connectivity index (χ4v) is 5.69. The van der Waals surface area contributed by atoms with Crippen molar-refractivity contribution >= 4 is 46.6 Å². The fourth-order valence-electron chi connectivity index (χ4n) is 4.06. The number of allylic oxidation sites excluding steroid dienone is 1. The highest BCUT2D eigenvalue weighted by Crippen LogP contribution is 2.33. The van der Waals surface area contributed by atoms with Crippen molar-refractivity contribution in [1.82, 2.24) is 4.57 Å². The zero-order valence-corrected chi connectivity index (χ0v) is 22.5. The first-order chi connectivity index (χ1) is 17.3. The van der Waals surface area contributed by atoms with Crippen LogP contribution in [0.5, 0.6) is 11.5 Å². The molecule has 188 valence electrons. The molecule has 0 aliphatic carbocycles. The summed E-state index contributed by atoms with van der Waals surface area (Å²) in [6.45, 7) is 6.10. The van der Waals surface area contributed by atoms with E-state index in [1.165, 1.54) is 23.0 Å². The molecule has 0 spiro atoms. The number of hydrogen-bond acceptors (Lipinski definition) is 7. The normalized spacial score (nSPS) is 15.4. The molecular formula is C26H24Cl2N2O5S. The first kappa shape index (κ1) is 26.0. The third-order valence-electron chi connectivity index (χ3n) is 5.55. The van der Waals surface area contributed by atoms with Crippen molar-refractivity contribution in [3.8, 4) is 11.5 Å². The van der Waals surface area contributed by atoms with E-state index in [0.29, 0.717) is 54.3 Å². The third-order valence-corrected chi connectivity index (χ3v) is 7.03. The lowest BCUT2D eigenvalue weighted by molar-refractivity contribution is -0.139. The SMILES string of the molecule is CCOC(=O)C1=C(C)N=c2s/c(=C\c3cc(Cl)cc(Cl)c3OC)c(=O)n2[C@H]1c1ccc(OCC)cc1. The van der Waals surface area contributed by atoms with Gasteiger partial charge in [-0.05, 0) is 56.7 Å². The van der Waals surface area contributed by atoms with Gasteiger partial charge in [-0.25, -0.2) is 9.79 Å². The van der Waals surface area contributed by atoms with Gasteiger partial charge in [-0.2, -0.15) is 0 Å². The fraction of sp³-hybridized carbons (Fsp3) is 0.269. The van der Waals surface area contributed by atoms with Gasteiger partial charge in [0.15, 0.2) is 4.80 Å². The number of ether oxygens (including phenoxy) is 3. The molecule has 0 fully saturated rings. The molecule has 10 heteroatoms. The van der Waals surface area contributed by atoms with Crippen LogP contribution in [-0.2, 0) is 9.53 Å². The molecule has 0 N–H and O–H groups in total. The number of benzene rings is 2. The zero-order chi connectivity index (χ0) is 26.0. The smallest absolute Gasteiger partial charge is 0.338 e. The van der Waals surface area contributed by atoms with Crippen LogP contribution in [0.2, 0.25) is 10.0 Å². The molecule has 1 aromatic heterocycles. The Balaban J connectivity index is 1.95. The lowest BCUT2D eigenvalue weighted by Gasteiger charge is -2.24. The van der Waals surface area contributed by atoms with Crippen molar-refractivity contribution in [3.63, 3.8) is 0 Å². The maximum atomic E-state index is 13.7. The summed E-state index contributed by atoms with van der Waals surface area (Å²) in [5.74, 6) is 0.575. The second kappa shape index (κ2) is 10.9. The Morgan fingerprint density at radius 3 is 2.53 bits per heavy atom. The van der Waals surface area contributed by atoms with E-state index in [4.69, 9.17) is 37.4 Å². The Hall–Kier alpha value is -3.07. The molecule has 1 aliphatic rings. The molecule has 2 heterocycles. The van der Waals surface area contributed by atoms with Crippen molar-refractivity contribution in [1.29, 1.82) is 0 Å². The molecule has 1 aliphatic heterocycles. The first-order valence-corrected chi connectivity index (χ1v) is 12.8. The molecule has 0 bridgehead atoms. The summed E-state index contributed by atoms with van der Waals surface area (Å²) in [7, 11) is 1.49. The number of methoxy groups -OCH3 is 1. The average Bonchev–Trinajstić information content (AvgIpc) is 3.13. The van der Waals surface area contributed by atoms with E-state index in [2.05, 4.69) is 4.99 Å². The second-order valence-corrected chi connectivity index (χ2v) is 9.67. The Kier molecular flexibility index (Phi) is 7.88. The largest absolute Gasteiger partial charge is 0.495 e. The summed E-state index contributed by atoms with van der Waals surface area (Å²) in [6, 6.07) is 9.82. The summed E-state index contributed by atoms with van der Waals surface area (Å²) in [6.07, 6.45) is 1.67. The minimum Gasteiger partial charge on any atom is -0.495 e. The predicted molar refractivity (Wildman–Crippen MR) is 141 cm³/mol. The quantitative estimate of drug-likeness (QED) is 0.407. The van der Waals surface area contributed by atoms with Crippen LogP contribution in [0.1, 0.15) is 37.9 Å². The van der Waals surface area contributed by atoms with E-state index in [9.17, 15) is 9.59 Å². The third kappa shape index (κ3) is 4.93. The minimum absolute atomic E-state index is 0.200. The van der Waals surface area contributed by atoms with E-state index in [0.717, 1.165) is 5.56 Å². The van der Waals surface area contributed by atoms with Crippen molar-refractivity contribution in [3.05, 3.63) is 88.5 Å². The van der Waals surface area contributed by atoms with Crippen molar-refractivity contribution in [2.45, 2.75) is 26.8 Å². The maximum absolute atomic E-state index is 13.7. The van der Waals surface area contributed by atoms with Crippen molar-refractivity contribution in [2.75, 3.05) is 20.3 Å². The van der Waals surface area contributed by atoms with Gasteiger partial charge in [0.1, 0.15) is 11.5 Å². The highest BCUT2D eigenvalue weighted by atomic mass is 35.5. The summed E-state index contributed by atoms with van der Waals surface area (Å²) >= 11 is 13.7. The maximum Gasteiger partial charge on any atom is 0.338 e. The summed E-state index contributed by atoms with van der Waals surface area (Å²) in [5, 5.41) is 0.740. The summed E-state index contributed by atoms with van der Waals surface area (Å²) in [5.41, 5.74) is 1.77. The zero-order valence-electron chi connectivity index (χ0n) is 20.1. The highest BCUT2D eigenvalue weighted by Gasteiger charge is 2.33. The number of esters is 1. The summed E-state index contributed by atoms with van der Waals surface area (Å²) in [4.78, 5) is 31.8. The van der Waals surface area contributed by atoms with Gasteiger partial charge < -0.3 is 14.2 Å². The van der Waals surface area contributed by atoms with Gasteiger partial charge >= 0.3 is 5.97 Å². The molecular weight excluding hydrogens is 523 g/mol. The van der Waals surface area contributed by atoms with E-state index < -0.39 is 12.0 Å². The summed E-state index contributed by atoms with van der Waals surface area (Å²) < 4.78 is 18.2. The lowest BCUT2D eigenvalue weighted by atomic mass is 9.96. The van der Waals surface area contributed by atoms with E-state index in [1.54, 1.807) is 32.1 Å². The van der Waals surface area contributed by atoms with Crippen molar-refractivity contribution in [2.24, 2.45) is 4.99 Å². The number of rotatable bonds is 7. The monoisotopic (exact) mass is 546 g/mol. The number of halogens is 2. The number of carbonyl (C=O) groups excluding carboxylic acids is 1. The Labute approximate surface area is 221 Å². The predicted octanol–water partition coefficient (Wildman–Crippen LogP) is 4.51. The Morgan fingerprint density at radius 1 is 1.17 bits per heavy atom. The van der Waals surface area contributed by atoms with Gasteiger partial charge in [-0.1, -0.05) is 46.7 Å². The standard InChI is InChI=1S/C26H24Cl2N2O5S/c1-5-34-18-9-7-15(8-10-18)22-21(25(32)35-6-2)14(3)29-26-30(22)24(31)20(36-26)12-16-11-17(27)13-19(28)23(16)33-4/h7-13,22H,5-6H2,1-4H3/b20-12-/t22-/m0/s1. The number of carbonyl (C=O) groups is 1. The van der Waals surface area contributed by atoms with Crippen LogP contribution >= 0.6 is 34.5 Å². The topological polar surface area (TPSA) is 79.1 Å². The molecule has 3 aromatic rings. The number of hydrogen-bond donors (Lipinski definition) is 0. The Bertz CT molecular complexity index is 1520. The van der Waals surface area contributed by atoms with Crippen LogP contribution in [0.3, 0.4) is 0 Å². The molecule has 2 aromatic carbocycles. The molecule has 36 heavy (non-hydrogen) atoms. The number of thiazole rings is 1. The van der Waals surface area contributed by atoms with Gasteiger partial charge in [0, 0.05) is 10.6 Å². The molecule has 0 amide bonds. The van der Waals surface area contributed by atoms with Crippen LogP contribution in [0.4, 0.5) is 0 Å². The van der Waals surface area contributed by atoms with Crippen LogP contribution in [0.15, 0.2) is 57.5 Å². The molecule has 1 atom stereocenters. The van der Waals surface area contributed by atoms with E-state index in [1.807, 2.05) is 31.2 Å². The molecule has 0 saturated carbocycles. The van der Waals surface area contributed by atoms with E-state index in [-0.39, 0.29) is 12.2 Å². The van der Waals surface area contributed by atoms with Crippen LogP contribution in [0.25, 0.3) is 6.08 Å². The average molecular weight is 547 g/mol. The van der Waals surface area contributed by atoms with Gasteiger partial charge in [0.2, 0.25) is 0 Å². The number of aromatic nitrogens is 1. The number of fused-ring (bicyclic) bond motifs is 1. The second-order valence-electron chi connectivity index (χ2n) is 7.81. The molecule has 0 radical (unpaired) electrons. The lowest BCUT2D eigenvalue weighted by Crippen LogP contribution is -2.39. The van der Waals surface area contributed by atoms with Crippen LogP contribution in [0, 0.1) is 0 Å². The minimum atomic E-state index is -0.719. The van der Waals surface area contributed by atoms with E-state index >= 15 is 0 Å². The Morgan fingerprint density at radius 2 is 1.89 bits per heavy atom.